The van der Waals surface area contributed by atoms with E-state index in [2.05, 4.69) is 31.3 Å². The van der Waals surface area contributed by atoms with Crippen molar-refractivity contribution < 1.29 is 19.1 Å². The highest BCUT2D eigenvalue weighted by atomic mass is 16.6. The number of amides is 2. The van der Waals surface area contributed by atoms with Gasteiger partial charge in [-0.3, -0.25) is 9.59 Å². The van der Waals surface area contributed by atoms with Crippen molar-refractivity contribution in [3.63, 3.8) is 0 Å². The smallest absolute Gasteiger partial charge is 0.408 e. The van der Waals surface area contributed by atoms with E-state index in [1.165, 1.54) is 11.1 Å². The molecule has 2 aliphatic heterocycles. The average molecular weight is 455 g/mol. The summed E-state index contributed by atoms with van der Waals surface area (Å²) in [5.41, 5.74) is 1.92. The Kier molecular flexibility index (Phi) is 7.65. The summed E-state index contributed by atoms with van der Waals surface area (Å²) in [6.07, 6.45) is 6.13. The van der Waals surface area contributed by atoms with Crippen LogP contribution in [0.1, 0.15) is 90.4 Å². The molecule has 2 heterocycles. The number of ether oxygens (including phenoxy) is 1. The summed E-state index contributed by atoms with van der Waals surface area (Å²) >= 11 is 0. The minimum Gasteiger partial charge on any atom is -0.444 e. The molecule has 180 valence electrons. The Hall–Kier alpha value is -2.63. The first-order valence-corrected chi connectivity index (χ1v) is 12.1. The molecule has 2 bridgehead atoms. The van der Waals surface area contributed by atoms with Gasteiger partial charge < -0.3 is 15.0 Å². The largest absolute Gasteiger partial charge is 0.444 e. The third-order valence-corrected chi connectivity index (χ3v) is 6.87. The first-order chi connectivity index (χ1) is 15.5. The second-order valence-corrected chi connectivity index (χ2v) is 10.4. The number of allylic oxidation sites excluding steroid dienone is 1. The van der Waals surface area contributed by atoms with Crippen LogP contribution in [0.3, 0.4) is 0 Å². The van der Waals surface area contributed by atoms with Gasteiger partial charge in [0.25, 0.3) is 0 Å². The number of benzene rings is 1. The van der Waals surface area contributed by atoms with Crippen LogP contribution in [0.25, 0.3) is 0 Å². The van der Waals surface area contributed by atoms with Crippen LogP contribution in [0.4, 0.5) is 4.79 Å². The summed E-state index contributed by atoms with van der Waals surface area (Å²) in [6.45, 7) is 11.2. The van der Waals surface area contributed by atoms with Crippen LogP contribution in [0, 0.1) is 11.8 Å². The normalized spacial score (nSPS) is 22.1. The number of carbonyl (C=O) groups excluding carboxylic acids is 3. The average Bonchev–Trinajstić information content (AvgIpc) is 3.32. The number of nitrogens with zero attached hydrogens (tertiary/aromatic N) is 1. The number of fused-ring (bicyclic) bond motifs is 5. The van der Waals surface area contributed by atoms with E-state index in [0.29, 0.717) is 0 Å². The van der Waals surface area contributed by atoms with Gasteiger partial charge in [0.2, 0.25) is 5.91 Å². The number of ketones is 1. The molecule has 0 radical (unpaired) electrons. The SMILES string of the molecule is CC[C@H](C)[C@@H](/C=C/C(=O)N1[C@@H]2CC[C@H]1c1ccccc12)CC(=O)[C@H](C)NC(=O)OC(C)(C)C. The molecule has 0 aliphatic carbocycles. The molecule has 0 aromatic heterocycles. The van der Waals surface area contributed by atoms with Crippen molar-refractivity contribution in [2.24, 2.45) is 11.8 Å². The van der Waals surface area contributed by atoms with Crippen LogP contribution >= 0.6 is 0 Å². The van der Waals surface area contributed by atoms with Crippen molar-refractivity contribution >= 4 is 17.8 Å². The van der Waals surface area contributed by atoms with E-state index >= 15 is 0 Å². The summed E-state index contributed by atoms with van der Waals surface area (Å²) < 4.78 is 5.25. The van der Waals surface area contributed by atoms with Crippen LogP contribution < -0.4 is 5.32 Å². The van der Waals surface area contributed by atoms with E-state index < -0.39 is 17.7 Å². The fourth-order valence-electron chi connectivity index (χ4n) is 4.87. The number of Topliss-reactive ketones (excluding diaryl/α,β-unsaturated/α-hetero) is 1. The van der Waals surface area contributed by atoms with Crippen LogP contribution in [0.15, 0.2) is 36.4 Å². The van der Waals surface area contributed by atoms with Gasteiger partial charge in [0.1, 0.15) is 5.60 Å². The number of rotatable bonds is 8. The zero-order valence-corrected chi connectivity index (χ0v) is 20.8. The van der Waals surface area contributed by atoms with Crippen LogP contribution in [-0.4, -0.2) is 34.3 Å². The molecule has 6 nitrogen and oxygen atoms in total. The van der Waals surface area contributed by atoms with Crippen molar-refractivity contribution in [2.45, 2.75) is 91.0 Å². The quantitative estimate of drug-likeness (QED) is 0.527. The maximum Gasteiger partial charge on any atom is 0.408 e. The Morgan fingerprint density at radius 3 is 2.21 bits per heavy atom. The van der Waals surface area contributed by atoms with Crippen molar-refractivity contribution in [3.05, 3.63) is 47.5 Å². The third-order valence-electron chi connectivity index (χ3n) is 6.87. The highest BCUT2D eigenvalue weighted by Crippen LogP contribution is 2.52. The van der Waals surface area contributed by atoms with Gasteiger partial charge in [-0.15, -0.1) is 0 Å². The Labute approximate surface area is 197 Å². The van der Waals surface area contributed by atoms with Crippen molar-refractivity contribution in [3.8, 4) is 0 Å². The molecule has 3 rings (SSSR count). The Morgan fingerprint density at radius 1 is 1.12 bits per heavy atom. The zero-order chi connectivity index (χ0) is 24.3. The fraction of sp³-hybridized carbons (Fsp3) is 0.593. The highest BCUT2D eigenvalue weighted by molar-refractivity contribution is 5.90. The number of nitrogens with one attached hydrogen (secondary N) is 1. The predicted molar refractivity (Wildman–Crippen MR) is 129 cm³/mol. The molecule has 33 heavy (non-hydrogen) atoms. The van der Waals surface area contributed by atoms with Crippen LogP contribution in [-0.2, 0) is 14.3 Å². The summed E-state index contributed by atoms with van der Waals surface area (Å²) in [4.78, 5) is 40.0. The van der Waals surface area contributed by atoms with Gasteiger partial charge in [0.15, 0.2) is 5.78 Å². The summed E-state index contributed by atoms with van der Waals surface area (Å²) in [7, 11) is 0. The lowest BCUT2D eigenvalue weighted by atomic mass is 9.86. The van der Waals surface area contributed by atoms with Gasteiger partial charge in [0, 0.05) is 6.42 Å². The Morgan fingerprint density at radius 2 is 1.70 bits per heavy atom. The van der Waals surface area contributed by atoms with E-state index in [1.54, 1.807) is 33.8 Å². The molecule has 0 saturated carbocycles. The summed E-state index contributed by atoms with van der Waals surface area (Å²) in [5, 5.41) is 2.63. The highest BCUT2D eigenvalue weighted by Gasteiger charge is 2.45. The van der Waals surface area contributed by atoms with Gasteiger partial charge in [-0.2, -0.15) is 0 Å². The molecule has 1 saturated heterocycles. The van der Waals surface area contributed by atoms with E-state index in [4.69, 9.17) is 4.74 Å². The molecular weight excluding hydrogens is 416 g/mol. The number of hydrogen-bond acceptors (Lipinski definition) is 4. The van der Waals surface area contributed by atoms with Gasteiger partial charge in [-0.25, -0.2) is 4.79 Å². The molecule has 0 spiro atoms. The second kappa shape index (κ2) is 10.1. The van der Waals surface area contributed by atoms with Gasteiger partial charge >= 0.3 is 6.09 Å². The monoisotopic (exact) mass is 454 g/mol. The topological polar surface area (TPSA) is 75.7 Å². The molecule has 1 aromatic rings. The molecule has 5 atom stereocenters. The lowest BCUT2D eigenvalue weighted by Crippen LogP contribution is -2.42. The van der Waals surface area contributed by atoms with E-state index in [9.17, 15) is 14.4 Å². The maximum atomic E-state index is 13.2. The molecule has 2 aliphatic rings. The van der Waals surface area contributed by atoms with Crippen molar-refractivity contribution in [1.29, 1.82) is 0 Å². The standard InChI is InChI=1S/C27H38N2O4/c1-7-17(2)19(16-24(30)18(3)28-26(32)33-27(4,5)6)12-15-25(31)29-22-13-14-23(29)21-11-9-8-10-20(21)22/h8-12,15,17-19,22-23H,7,13-14,16H2,1-6H3,(H,28,32)/b15-12+/t17-,18-,19-,22-,23+/m0/s1. The lowest BCUT2D eigenvalue weighted by Gasteiger charge is -2.24. The van der Waals surface area contributed by atoms with Gasteiger partial charge in [-0.05, 0) is 69.6 Å². The molecule has 1 aromatic carbocycles. The fourth-order valence-corrected chi connectivity index (χ4v) is 4.87. The Balaban J connectivity index is 1.63. The van der Waals surface area contributed by atoms with E-state index in [0.717, 1.165) is 19.3 Å². The van der Waals surface area contributed by atoms with Crippen LogP contribution in [0.2, 0.25) is 0 Å². The van der Waals surface area contributed by atoms with E-state index in [-0.39, 0.29) is 42.0 Å². The molecule has 1 fully saturated rings. The van der Waals surface area contributed by atoms with Gasteiger partial charge in [-0.1, -0.05) is 50.6 Å². The molecule has 2 amide bonds. The van der Waals surface area contributed by atoms with Gasteiger partial charge in [0.05, 0.1) is 18.1 Å². The van der Waals surface area contributed by atoms with E-state index in [1.807, 2.05) is 23.1 Å². The first kappa shape index (κ1) is 25.0. The van der Waals surface area contributed by atoms with Crippen molar-refractivity contribution in [2.75, 3.05) is 0 Å². The minimum atomic E-state index is -0.653. The lowest BCUT2D eigenvalue weighted by molar-refractivity contribution is -0.128. The zero-order valence-electron chi connectivity index (χ0n) is 20.8. The minimum absolute atomic E-state index is 0.0133. The molecule has 0 unspecified atom stereocenters. The van der Waals surface area contributed by atoms with Crippen LogP contribution in [0.5, 0.6) is 0 Å². The molecule has 1 N–H and O–H groups in total. The predicted octanol–water partition coefficient (Wildman–Crippen LogP) is 5.50. The Bertz CT molecular complexity index is 886. The third kappa shape index (κ3) is 5.84. The molecular formula is C27H38N2O4. The molecule has 6 heteroatoms. The second-order valence-electron chi connectivity index (χ2n) is 10.4. The number of carbonyl (C=O) groups is 3. The number of hydrogen-bond donors (Lipinski definition) is 1. The number of alkyl carbamates (subject to hydrolysis) is 1. The first-order valence-electron chi connectivity index (χ1n) is 12.1. The maximum absolute atomic E-state index is 13.2. The van der Waals surface area contributed by atoms with Crippen molar-refractivity contribution in [1.82, 2.24) is 10.2 Å². The summed E-state index contributed by atoms with van der Waals surface area (Å²) in [6, 6.07) is 7.99. The summed E-state index contributed by atoms with van der Waals surface area (Å²) in [5.74, 6) is 0.104.